The zero-order valence-corrected chi connectivity index (χ0v) is 28.8. The number of benzene rings is 6. The van der Waals surface area contributed by atoms with Gasteiger partial charge < -0.3 is 0 Å². The topological polar surface area (TPSA) is 38.7 Å². The zero-order chi connectivity index (χ0) is 34.4. The summed E-state index contributed by atoms with van der Waals surface area (Å²) in [6, 6.07) is 48.2. The van der Waals surface area contributed by atoms with E-state index in [0.29, 0.717) is 0 Å². The minimum atomic E-state index is 0.724. The van der Waals surface area contributed by atoms with Crippen LogP contribution in [-0.2, 0) is 6.42 Å². The van der Waals surface area contributed by atoms with Crippen LogP contribution in [0.25, 0.3) is 71.7 Å². The summed E-state index contributed by atoms with van der Waals surface area (Å²) in [5, 5.41) is 7.48. The summed E-state index contributed by atoms with van der Waals surface area (Å²) in [6.07, 6.45) is 14.8. The molecule has 8 aromatic rings. The Kier molecular flexibility index (Phi) is 7.42. The lowest BCUT2D eigenvalue weighted by molar-refractivity contribution is 0.978. The van der Waals surface area contributed by atoms with E-state index in [2.05, 4.69) is 151 Å². The molecule has 0 saturated heterocycles. The first-order valence-electron chi connectivity index (χ1n) is 18.2. The quantitative estimate of drug-likeness (QED) is 0.172. The molecule has 2 aromatic heterocycles. The van der Waals surface area contributed by atoms with Crippen molar-refractivity contribution in [3.63, 3.8) is 0 Å². The lowest BCUT2D eigenvalue weighted by atomic mass is 9.86. The lowest BCUT2D eigenvalue weighted by Crippen LogP contribution is -2.01. The minimum absolute atomic E-state index is 0.724. The number of pyridine rings is 1. The summed E-state index contributed by atoms with van der Waals surface area (Å²) in [5.74, 6) is 0.724. The third kappa shape index (κ3) is 5.34. The van der Waals surface area contributed by atoms with Gasteiger partial charge in [-0.3, -0.25) is 4.98 Å². The molecule has 0 bridgehead atoms. The molecule has 10 rings (SSSR count). The van der Waals surface area contributed by atoms with Crippen molar-refractivity contribution in [1.82, 2.24) is 15.0 Å². The summed E-state index contributed by atoms with van der Waals surface area (Å²) in [4.78, 5) is 15.0. The van der Waals surface area contributed by atoms with Crippen molar-refractivity contribution < 1.29 is 0 Å². The van der Waals surface area contributed by atoms with Crippen molar-refractivity contribution in [2.45, 2.75) is 25.7 Å². The van der Waals surface area contributed by atoms with Crippen molar-refractivity contribution in [1.29, 1.82) is 0 Å². The Morgan fingerprint density at radius 1 is 0.462 bits per heavy atom. The fourth-order valence-electron chi connectivity index (χ4n) is 8.16. The molecule has 6 aromatic carbocycles. The van der Waals surface area contributed by atoms with E-state index in [9.17, 15) is 0 Å². The average molecular weight is 666 g/mol. The van der Waals surface area contributed by atoms with Crippen LogP contribution in [0.15, 0.2) is 164 Å². The summed E-state index contributed by atoms with van der Waals surface area (Å²) >= 11 is 0. The highest BCUT2D eigenvalue weighted by Crippen LogP contribution is 2.38. The van der Waals surface area contributed by atoms with E-state index in [1.54, 1.807) is 0 Å². The standard InChI is InChI=1S/C49H35N3/c1-2-15-39-32(10-1)11-8-20-40(39)33-21-23-34(24-22-33)47-30-48(36-13-7-12-35(28-36)38-14-9-27-50-31-38)52-49(51-47)37-25-26-45-43-18-4-3-16-41(43)42-17-5-6-19-44(42)46(45)29-37/h1-6,9-10,13-31H,7-8,11-12H2. The van der Waals surface area contributed by atoms with Crippen molar-refractivity contribution in [3.05, 3.63) is 192 Å². The molecule has 0 fully saturated rings. The van der Waals surface area contributed by atoms with Gasteiger partial charge in [0.2, 0.25) is 0 Å². The molecule has 0 radical (unpaired) electrons. The molecular weight excluding hydrogens is 631 g/mol. The van der Waals surface area contributed by atoms with Gasteiger partial charge in [-0.25, -0.2) is 9.97 Å². The highest BCUT2D eigenvalue weighted by atomic mass is 14.9. The second kappa shape index (κ2) is 12.7. The third-order valence-electron chi connectivity index (χ3n) is 10.7. The number of aromatic nitrogens is 3. The average Bonchev–Trinajstić information content (AvgIpc) is 3.23. The third-order valence-corrected chi connectivity index (χ3v) is 10.7. The van der Waals surface area contributed by atoms with Crippen LogP contribution in [0.5, 0.6) is 0 Å². The van der Waals surface area contributed by atoms with Gasteiger partial charge in [0, 0.05) is 23.5 Å². The molecule has 2 aliphatic rings. The van der Waals surface area contributed by atoms with Gasteiger partial charge in [-0.15, -0.1) is 0 Å². The van der Waals surface area contributed by atoms with Gasteiger partial charge in [0.1, 0.15) is 0 Å². The second-order valence-corrected chi connectivity index (χ2v) is 13.8. The molecule has 0 aliphatic heterocycles. The summed E-state index contributed by atoms with van der Waals surface area (Å²) in [7, 11) is 0. The van der Waals surface area contributed by atoms with Gasteiger partial charge in [0.05, 0.1) is 11.4 Å². The first kappa shape index (κ1) is 30.4. The Morgan fingerprint density at radius 3 is 1.88 bits per heavy atom. The van der Waals surface area contributed by atoms with Crippen LogP contribution >= 0.6 is 0 Å². The lowest BCUT2D eigenvalue weighted by Gasteiger charge is -2.18. The van der Waals surface area contributed by atoms with Crippen LogP contribution in [-0.4, -0.2) is 15.0 Å². The Hall–Kier alpha value is -6.45. The number of hydrogen-bond donors (Lipinski definition) is 0. The minimum Gasteiger partial charge on any atom is -0.264 e. The van der Waals surface area contributed by atoms with E-state index in [-0.39, 0.29) is 0 Å². The van der Waals surface area contributed by atoms with Crippen LogP contribution in [0, 0.1) is 0 Å². The molecule has 52 heavy (non-hydrogen) atoms. The molecule has 3 heteroatoms. The van der Waals surface area contributed by atoms with E-state index in [1.165, 1.54) is 60.2 Å². The molecule has 2 aliphatic carbocycles. The summed E-state index contributed by atoms with van der Waals surface area (Å²) in [6.45, 7) is 0. The Bertz CT molecular complexity index is 2740. The van der Waals surface area contributed by atoms with Crippen LogP contribution in [0.4, 0.5) is 0 Å². The highest BCUT2D eigenvalue weighted by Gasteiger charge is 2.18. The fourth-order valence-corrected chi connectivity index (χ4v) is 8.16. The Balaban J connectivity index is 1.12. The molecule has 3 nitrogen and oxygen atoms in total. The molecule has 2 heterocycles. The van der Waals surface area contributed by atoms with Gasteiger partial charge in [-0.1, -0.05) is 127 Å². The Labute approximate surface area is 303 Å². The number of hydrogen-bond acceptors (Lipinski definition) is 3. The van der Waals surface area contributed by atoms with Gasteiger partial charge in [-0.2, -0.15) is 0 Å². The summed E-state index contributed by atoms with van der Waals surface area (Å²) < 4.78 is 0. The Morgan fingerprint density at radius 2 is 1.12 bits per heavy atom. The predicted octanol–water partition coefficient (Wildman–Crippen LogP) is 12.3. The van der Waals surface area contributed by atoms with Crippen LogP contribution in [0.3, 0.4) is 0 Å². The first-order valence-corrected chi connectivity index (χ1v) is 18.2. The van der Waals surface area contributed by atoms with Crippen molar-refractivity contribution >= 4 is 49.0 Å². The molecule has 0 N–H and O–H groups in total. The monoisotopic (exact) mass is 665 g/mol. The molecule has 0 atom stereocenters. The smallest absolute Gasteiger partial charge is 0.160 e. The predicted molar refractivity (Wildman–Crippen MR) is 217 cm³/mol. The van der Waals surface area contributed by atoms with Crippen LogP contribution in [0.1, 0.15) is 47.2 Å². The molecule has 246 valence electrons. The first-order chi connectivity index (χ1) is 25.8. The maximum atomic E-state index is 5.30. The van der Waals surface area contributed by atoms with Crippen LogP contribution < -0.4 is 0 Å². The van der Waals surface area contributed by atoms with E-state index in [1.807, 2.05) is 18.5 Å². The van der Waals surface area contributed by atoms with Crippen LogP contribution in [0.2, 0.25) is 0 Å². The maximum Gasteiger partial charge on any atom is 0.160 e. The molecular formula is C49H35N3. The SMILES string of the molecule is C1=C(c2cccnc2)CCC=C1c1cc(-c2ccc(C3=CCCc4ccccc43)cc2)nc(-c2ccc3c4ccccc4c4ccccc4c3c2)n1. The largest absolute Gasteiger partial charge is 0.264 e. The zero-order valence-electron chi connectivity index (χ0n) is 28.8. The number of allylic oxidation sites excluding steroid dienone is 5. The summed E-state index contributed by atoms with van der Waals surface area (Å²) in [5.41, 5.74) is 12.8. The molecule has 0 amide bonds. The van der Waals surface area contributed by atoms with E-state index < -0.39 is 0 Å². The van der Waals surface area contributed by atoms with Gasteiger partial charge in [0.25, 0.3) is 0 Å². The van der Waals surface area contributed by atoms with Gasteiger partial charge >= 0.3 is 0 Å². The maximum absolute atomic E-state index is 5.30. The second-order valence-electron chi connectivity index (χ2n) is 13.8. The van der Waals surface area contributed by atoms with E-state index in [4.69, 9.17) is 9.97 Å². The van der Waals surface area contributed by atoms with Gasteiger partial charge in [0.15, 0.2) is 5.82 Å². The number of rotatable bonds is 5. The molecule has 0 unspecified atom stereocenters. The van der Waals surface area contributed by atoms with Gasteiger partial charge in [-0.05, 0) is 121 Å². The van der Waals surface area contributed by atoms with Crippen molar-refractivity contribution in [3.8, 4) is 22.6 Å². The number of aryl methyl sites for hydroxylation is 1. The molecule has 0 spiro atoms. The van der Waals surface area contributed by atoms with Crippen molar-refractivity contribution in [2.75, 3.05) is 0 Å². The highest BCUT2D eigenvalue weighted by molar-refractivity contribution is 6.25. The van der Waals surface area contributed by atoms with Crippen molar-refractivity contribution in [2.24, 2.45) is 0 Å². The number of nitrogens with zero attached hydrogens (tertiary/aromatic N) is 3. The molecule has 0 saturated carbocycles. The fraction of sp³-hybridized carbons (Fsp3) is 0.0816. The number of fused-ring (bicyclic) bond motifs is 7. The normalized spacial score (nSPS) is 14.2. The van der Waals surface area contributed by atoms with E-state index >= 15 is 0 Å². The van der Waals surface area contributed by atoms with E-state index in [0.717, 1.165) is 65.2 Å².